The lowest BCUT2D eigenvalue weighted by molar-refractivity contribution is -0.137. The van der Waals surface area contributed by atoms with Crippen LogP contribution in [0.15, 0.2) is 33.7 Å². The Morgan fingerprint density at radius 3 is 2.55 bits per heavy atom. The molecule has 1 aromatic heterocycles. The number of nitrogens with one attached hydrogen (secondary N) is 2. The summed E-state index contributed by atoms with van der Waals surface area (Å²) < 4.78 is 50.9. The van der Waals surface area contributed by atoms with Crippen LogP contribution in [0.2, 0.25) is 0 Å². The van der Waals surface area contributed by atoms with Crippen molar-refractivity contribution in [2.75, 3.05) is 26.3 Å². The molecule has 31 heavy (non-hydrogen) atoms. The minimum Gasteiger partial charge on any atom is -0.444 e. The van der Waals surface area contributed by atoms with Gasteiger partial charge in [0.15, 0.2) is 5.96 Å². The lowest BCUT2D eigenvalue weighted by atomic mass is 9.73. The largest absolute Gasteiger partial charge is 0.444 e. The van der Waals surface area contributed by atoms with Crippen LogP contribution in [0.3, 0.4) is 0 Å². The van der Waals surface area contributed by atoms with Crippen LogP contribution in [0.1, 0.15) is 48.2 Å². The zero-order valence-electron chi connectivity index (χ0n) is 18.1. The normalized spacial score (nSPS) is 16.9. The number of oxazole rings is 1. The van der Waals surface area contributed by atoms with Crippen molar-refractivity contribution in [3.05, 3.63) is 52.7 Å². The molecule has 6 nitrogen and oxygen atoms in total. The van der Waals surface area contributed by atoms with Gasteiger partial charge in [-0.1, -0.05) is 18.2 Å². The first-order chi connectivity index (χ1) is 14.7. The van der Waals surface area contributed by atoms with E-state index in [4.69, 9.17) is 9.15 Å². The van der Waals surface area contributed by atoms with Crippen molar-refractivity contribution in [1.82, 2.24) is 15.6 Å². The van der Waals surface area contributed by atoms with Gasteiger partial charge in [-0.15, -0.1) is 0 Å². The fourth-order valence-corrected chi connectivity index (χ4v) is 3.70. The fourth-order valence-electron chi connectivity index (χ4n) is 3.70. The third-order valence-corrected chi connectivity index (χ3v) is 5.64. The van der Waals surface area contributed by atoms with Crippen molar-refractivity contribution >= 4 is 5.96 Å². The maximum absolute atomic E-state index is 13.3. The quantitative estimate of drug-likeness (QED) is 0.525. The lowest BCUT2D eigenvalue weighted by Gasteiger charge is -2.38. The van der Waals surface area contributed by atoms with Gasteiger partial charge in [0.1, 0.15) is 12.3 Å². The number of rotatable bonds is 6. The summed E-state index contributed by atoms with van der Waals surface area (Å²) in [6.45, 7) is 8.03. The summed E-state index contributed by atoms with van der Waals surface area (Å²) in [5.74, 6) is 1.84. The minimum atomic E-state index is -4.38. The number of nitrogens with zero attached hydrogens (tertiary/aromatic N) is 2. The van der Waals surface area contributed by atoms with Crippen LogP contribution in [0.5, 0.6) is 0 Å². The lowest BCUT2D eigenvalue weighted by Crippen LogP contribution is -2.48. The summed E-state index contributed by atoms with van der Waals surface area (Å²) in [4.78, 5) is 8.86. The number of guanidine groups is 1. The molecular weight excluding hydrogens is 409 g/mol. The Labute approximate surface area is 180 Å². The van der Waals surface area contributed by atoms with Crippen molar-refractivity contribution in [2.45, 2.75) is 51.7 Å². The standard InChI is InChI=1S/C22H29F3N4O2/c1-4-26-20(27-13-19-29-15(2)16(3)31-19)28-14-21(8-10-30-11-9-21)17-6-5-7-18(12-17)22(23,24)25/h5-7,12H,4,8-11,13-14H2,1-3H3,(H2,26,27,28). The van der Waals surface area contributed by atoms with E-state index in [9.17, 15) is 13.2 Å². The molecule has 170 valence electrons. The van der Waals surface area contributed by atoms with E-state index in [2.05, 4.69) is 20.6 Å². The average molecular weight is 438 g/mol. The highest BCUT2D eigenvalue weighted by Gasteiger charge is 2.37. The summed E-state index contributed by atoms with van der Waals surface area (Å²) in [6, 6.07) is 5.61. The fraction of sp³-hybridized carbons (Fsp3) is 0.545. The molecule has 2 heterocycles. The SMILES string of the molecule is CCNC(=NCc1nc(C)c(C)o1)NCC1(c2cccc(C(F)(F)F)c2)CCOCC1. The zero-order valence-corrected chi connectivity index (χ0v) is 18.1. The van der Waals surface area contributed by atoms with E-state index in [1.165, 1.54) is 12.1 Å². The third-order valence-electron chi connectivity index (χ3n) is 5.64. The van der Waals surface area contributed by atoms with E-state index in [-0.39, 0.29) is 6.54 Å². The van der Waals surface area contributed by atoms with Crippen LogP contribution in [0.4, 0.5) is 13.2 Å². The number of hydrogen-bond acceptors (Lipinski definition) is 4. The highest BCUT2D eigenvalue weighted by molar-refractivity contribution is 5.79. The number of alkyl halides is 3. The number of hydrogen-bond donors (Lipinski definition) is 2. The van der Waals surface area contributed by atoms with Gasteiger partial charge in [0.05, 0.1) is 11.3 Å². The Hall–Kier alpha value is -2.55. The van der Waals surface area contributed by atoms with Gasteiger partial charge in [0.2, 0.25) is 5.89 Å². The number of ether oxygens (including phenoxy) is 1. The Bertz CT molecular complexity index is 883. The maximum Gasteiger partial charge on any atom is 0.416 e. The molecule has 0 spiro atoms. The van der Waals surface area contributed by atoms with E-state index in [0.717, 1.165) is 17.5 Å². The molecule has 1 fully saturated rings. The molecule has 2 N–H and O–H groups in total. The molecule has 1 saturated heterocycles. The number of halogens is 3. The molecule has 1 aromatic carbocycles. The van der Waals surface area contributed by atoms with Crippen molar-refractivity contribution in [1.29, 1.82) is 0 Å². The highest BCUT2D eigenvalue weighted by Crippen LogP contribution is 2.37. The molecule has 0 radical (unpaired) electrons. The average Bonchev–Trinajstić information content (AvgIpc) is 3.07. The zero-order chi connectivity index (χ0) is 22.5. The predicted octanol–water partition coefficient (Wildman–Crippen LogP) is 4.11. The summed E-state index contributed by atoms with van der Waals surface area (Å²) in [7, 11) is 0. The van der Waals surface area contributed by atoms with E-state index in [1.54, 1.807) is 6.07 Å². The summed E-state index contributed by atoms with van der Waals surface area (Å²) in [5.41, 5.74) is 0.374. The molecule has 1 aliphatic rings. The number of aryl methyl sites for hydroxylation is 2. The van der Waals surface area contributed by atoms with Gasteiger partial charge in [0, 0.05) is 31.7 Å². The summed E-state index contributed by atoms with van der Waals surface area (Å²) in [6.07, 6.45) is -3.13. The second-order valence-electron chi connectivity index (χ2n) is 7.77. The first-order valence-electron chi connectivity index (χ1n) is 10.4. The third kappa shape index (κ3) is 5.78. The van der Waals surface area contributed by atoms with E-state index >= 15 is 0 Å². The van der Waals surface area contributed by atoms with Crippen molar-refractivity contribution in [3.63, 3.8) is 0 Å². The maximum atomic E-state index is 13.3. The summed E-state index contributed by atoms with van der Waals surface area (Å²) >= 11 is 0. The summed E-state index contributed by atoms with van der Waals surface area (Å²) in [5, 5.41) is 6.49. The van der Waals surface area contributed by atoms with Gasteiger partial charge in [-0.2, -0.15) is 13.2 Å². The van der Waals surface area contributed by atoms with Gasteiger partial charge < -0.3 is 19.8 Å². The van der Waals surface area contributed by atoms with Gasteiger partial charge in [-0.05, 0) is 45.2 Å². The van der Waals surface area contributed by atoms with Gasteiger partial charge in [-0.3, -0.25) is 0 Å². The van der Waals surface area contributed by atoms with Gasteiger partial charge >= 0.3 is 6.18 Å². The topological polar surface area (TPSA) is 71.7 Å². The Morgan fingerprint density at radius 2 is 1.94 bits per heavy atom. The van der Waals surface area contributed by atoms with Gasteiger partial charge in [-0.25, -0.2) is 9.98 Å². The molecule has 0 saturated carbocycles. The Balaban J connectivity index is 1.80. The number of benzene rings is 1. The van der Waals surface area contributed by atoms with Crippen molar-refractivity contribution in [2.24, 2.45) is 4.99 Å². The number of aliphatic imine (C=N–C) groups is 1. The van der Waals surface area contributed by atoms with Crippen molar-refractivity contribution < 1.29 is 22.3 Å². The number of aromatic nitrogens is 1. The van der Waals surface area contributed by atoms with Crippen molar-refractivity contribution in [3.8, 4) is 0 Å². The van der Waals surface area contributed by atoms with E-state index < -0.39 is 17.2 Å². The monoisotopic (exact) mass is 438 g/mol. The molecule has 9 heteroatoms. The van der Waals surface area contributed by atoms with Gasteiger partial charge in [0.25, 0.3) is 0 Å². The predicted molar refractivity (Wildman–Crippen MR) is 112 cm³/mol. The second-order valence-corrected chi connectivity index (χ2v) is 7.77. The molecule has 1 aliphatic heterocycles. The highest BCUT2D eigenvalue weighted by atomic mass is 19.4. The molecule has 0 unspecified atom stereocenters. The van der Waals surface area contributed by atoms with Crippen LogP contribution < -0.4 is 10.6 Å². The molecule has 3 rings (SSSR count). The molecular formula is C22H29F3N4O2. The van der Waals surface area contributed by atoms with Crippen LogP contribution in [0, 0.1) is 13.8 Å². The van der Waals surface area contributed by atoms with E-state index in [1.807, 2.05) is 20.8 Å². The first-order valence-corrected chi connectivity index (χ1v) is 10.4. The molecule has 0 atom stereocenters. The van der Waals surface area contributed by atoms with Crippen LogP contribution in [-0.2, 0) is 22.9 Å². The molecule has 0 amide bonds. The van der Waals surface area contributed by atoms with E-state index in [0.29, 0.717) is 56.6 Å². The first kappa shape index (κ1) is 23.1. The van der Waals surface area contributed by atoms with Crippen LogP contribution in [-0.4, -0.2) is 37.2 Å². The smallest absolute Gasteiger partial charge is 0.416 e. The minimum absolute atomic E-state index is 0.268. The second kappa shape index (κ2) is 9.72. The van der Waals surface area contributed by atoms with Crippen LogP contribution >= 0.6 is 0 Å². The molecule has 0 aliphatic carbocycles. The Morgan fingerprint density at radius 1 is 1.19 bits per heavy atom. The molecule has 0 bridgehead atoms. The molecule has 2 aromatic rings. The Kier molecular flexibility index (Phi) is 7.25. The van der Waals surface area contributed by atoms with Crippen LogP contribution in [0.25, 0.3) is 0 Å².